The van der Waals surface area contributed by atoms with Crippen LogP contribution in [-0.2, 0) is 19.5 Å². The molecule has 1 aliphatic rings. The van der Waals surface area contributed by atoms with E-state index in [1.807, 2.05) is 12.1 Å². The lowest BCUT2D eigenvalue weighted by molar-refractivity contribution is 0.282. The lowest BCUT2D eigenvalue weighted by atomic mass is 9.91. The minimum absolute atomic E-state index is 0.280. The molecule has 0 aliphatic heterocycles. The summed E-state index contributed by atoms with van der Waals surface area (Å²) < 4.78 is 15.8. The molecule has 4 heteroatoms. The van der Waals surface area contributed by atoms with Crippen molar-refractivity contribution in [2.24, 2.45) is 0 Å². The first-order valence-electron chi connectivity index (χ1n) is 9.27. The number of aryl methyl sites for hydroxylation is 1. The van der Waals surface area contributed by atoms with Crippen LogP contribution in [0.3, 0.4) is 0 Å². The van der Waals surface area contributed by atoms with Crippen molar-refractivity contribution in [2.75, 3.05) is 0 Å². The number of hydrogen-bond donors (Lipinski definition) is 3. The number of aromatic amines is 1. The van der Waals surface area contributed by atoms with Crippen LogP contribution in [-0.4, -0.2) is 10.1 Å². The summed E-state index contributed by atoms with van der Waals surface area (Å²) >= 11 is 3.57. The highest BCUT2D eigenvalue weighted by atomic mass is 79.9. The number of halogens is 1. The normalized spacial score (nSPS) is 19.0. The first-order chi connectivity index (χ1) is 12.4. The molecule has 0 bridgehead atoms. The molecule has 124 valence electrons. The average Bonchev–Trinajstić information content (AvgIpc) is 2.98. The van der Waals surface area contributed by atoms with Gasteiger partial charge in [-0.3, -0.25) is 0 Å². The highest BCUT2D eigenvalue weighted by Crippen LogP contribution is 2.35. The average molecular weight is 387 g/mol. The van der Waals surface area contributed by atoms with Gasteiger partial charge in [0, 0.05) is 33.7 Å². The Hall–Kier alpha value is -1.62. The molecule has 0 radical (unpaired) electrons. The fourth-order valence-corrected chi connectivity index (χ4v) is 3.94. The summed E-state index contributed by atoms with van der Waals surface area (Å²) in [4.78, 5) is 3.59. The zero-order chi connectivity index (χ0) is 18.3. The zero-order valence-electron chi connectivity index (χ0n) is 15.3. The Labute approximate surface area is 153 Å². The van der Waals surface area contributed by atoms with Crippen molar-refractivity contribution in [3.05, 3.63) is 69.3 Å². The number of aromatic nitrogens is 1. The molecule has 0 amide bonds. The van der Waals surface area contributed by atoms with Gasteiger partial charge in [-0.2, -0.15) is 0 Å². The number of aliphatic hydroxyl groups is 1. The van der Waals surface area contributed by atoms with Crippen molar-refractivity contribution in [3.63, 3.8) is 0 Å². The van der Waals surface area contributed by atoms with Crippen molar-refractivity contribution < 1.29 is 7.85 Å². The molecule has 2 aromatic carbocycles. The predicted octanol–water partition coefficient (Wildman–Crippen LogP) is 4.59. The largest absolute Gasteiger partial charge is 0.392 e. The van der Waals surface area contributed by atoms with E-state index in [4.69, 9.17) is 2.74 Å². The summed E-state index contributed by atoms with van der Waals surface area (Å²) in [6.45, 7) is -1.58. The standard InChI is InChI=1S/C20H21BrN2O/c21-15-8-9-18-17(10-15)16-2-1-3-19(20(16)23-18)22-11-13-4-6-14(12-24)7-5-13/h4-10,19,22-24H,1-3,11-12H2/t19-/m1/s1/i12D2. The Bertz CT molecular complexity index is 931. The van der Waals surface area contributed by atoms with Crippen LogP contribution in [0.15, 0.2) is 46.9 Å². The quantitative estimate of drug-likeness (QED) is 0.613. The molecule has 3 nitrogen and oxygen atoms in total. The third-order valence-electron chi connectivity index (χ3n) is 4.80. The van der Waals surface area contributed by atoms with E-state index in [0.717, 1.165) is 29.3 Å². The number of hydrogen-bond acceptors (Lipinski definition) is 2. The fraction of sp³-hybridized carbons (Fsp3) is 0.300. The van der Waals surface area contributed by atoms with Crippen LogP contribution < -0.4 is 5.32 Å². The van der Waals surface area contributed by atoms with Gasteiger partial charge in [-0.25, -0.2) is 0 Å². The molecule has 0 saturated carbocycles. The van der Waals surface area contributed by atoms with Crippen LogP contribution in [0.4, 0.5) is 0 Å². The number of nitrogens with one attached hydrogen (secondary N) is 2. The van der Waals surface area contributed by atoms with Crippen LogP contribution in [0, 0.1) is 0 Å². The molecule has 1 atom stereocenters. The van der Waals surface area contributed by atoms with E-state index in [-0.39, 0.29) is 11.6 Å². The van der Waals surface area contributed by atoms with Crippen molar-refractivity contribution in [1.82, 2.24) is 10.3 Å². The Kier molecular flexibility index (Phi) is 3.81. The highest BCUT2D eigenvalue weighted by molar-refractivity contribution is 9.10. The van der Waals surface area contributed by atoms with E-state index in [2.05, 4.69) is 44.4 Å². The Morgan fingerprint density at radius 2 is 2.00 bits per heavy atom. The van der Waals surface area contributed by atoms with Gasteiger partial charge in [0.15, 0.2) is 0 Å². The van der Waals surface area contributed by atoms with Gasteiger partial charge in [-0.15, -0.1) is 0 Å². The maximum absolute atomic E-state index is 9.42. The molecule has 3 N–H and O–H groups in total. The molecule has 1 aromatic heterocycles. The molecular weight excluding hydrogens is 364 g/mol. The highest BCUT2D eigenvalue weighted by Gasteiger charge is 2.23. The summed E-state index contributed by atoms with van der Waals surface area (Å²) in [5.74, 6) is 0. The summed E-state index contributed by atoms with van der Waals surface area (Å²) in [5.41, 5.74) is 5.23. The third kappa shape index (κ3) is 3.02. The van der Waals surface area contributed by atoms with E-state index < -0.39 is 6.56 Å². The molecule has 4 rings (SSSR count). The van der Waals surface area contributed by atoms with Crippen LogP contribution in [0.5, 0.6) is 0 Å². The molecular formula is C20H21BrN2O. The molecule has 24 heavy (non-hydrogen) atoms. The number of benzene rings is 2. The number of rotatable bonds is 4. The molecule has 3 aromatic rings. The lowest BCUT2D eigenvalue weighted by Gasteiger charge is -2.24. The van der Waals surface area contributed by atoms with E-state index in [0.29, 0.717) is 6.54 Å². The molecule has 0 fully saturated rings. The zero-order valence-corrected chi connectivity index (χ0v) is 14.9. The first kappa shape index (κ1) is 13.6. The van der Waals surface area contributed by atoms with Crippen LogP contribution >= 0.6 is 15.9 Å². The Balaban J connectivity index is 1.53. The second kappa shape index (κ2) is 6.71. The van der Waals surface area contributed by atoms with Gasteiger partial charge >= 0.3 is 0 Å². The second-order valence-corrected chi connectivity index (χ2v) is 7.26. The Morgan fingerprint density at radius 3 is 2.79 bits per heavy atom. The van der Waals surface area contributed by atoms with E-state index >= 15 is 0 Å². The Morgan fingerprint density at radius 1 is 1.21 bits per heavy atom. The maximum atomic E-state index is 9.42. The number of fused-ring (bicyclic) bond motifs is 3. The summed E-state index contributed by atoms with van der Waals surface area (Å²) in [5, 5.41) is 14.4. The number of H-pyrrole nitrogens is 1. The maximum Gasteiger partial charge on any atom is 0.0681 e. The molecule has 0 spiro atoms. The molecule has 0 unspecified atom stereocenters. The minimum atomic E-state index is -2.29. The van der Waals surface area contributed by atoms with Gasteiger partial charge in [0.1, 0.15) is 0 Å². The monoisotopic (exact) mass is 386 g/mol. The van der Waals surface area contributed by atoms with Gasteiger partial charge in [-0.05, 0) is 54.2 Å². The molecule has 1 aliphatic carbocycles. The van der Waals surface area contributed by atoms with E-state index in [1.54, 1.807) is 12.1 Å². The van der Waals surface area contributed by atoms with Gasteiger partial charge in [0.2, 0.25) is 0 Å². The fourth-order valence-electron chi connectivity index (χ4n) is 3.58. The van der Waals surface area contributed by atoms with Crippen molar-refractivity contribution in [3.8, 4) is 0 Å². The van der Waals surface area contributed by atoms with Crippen LogP contribution in [0.25, 0.3) is 10.9 Å². The SMILES string of the molecule is [2H]C([2H])(O)c1ccc(CN[C@@H]2CCCc3c2[nH]c2ccc(Br)cc32)cc1. The predicted molar refractivity (Wildman–Crippen MR) is 101 cm³/mol. The van der Waals surface area contributed by atoms with Gasteiger partial charge in [-0.1, -0.05) is 40.2 Å². The summed E-state index contributed by atoms with van der Waals surface area (Å²) in [7, 11) is 0. The summed E-state index contributed by atoms with van der Waals surface area (Å²) in [6.07, 6.45) is 3.36. The molecule has 0 saturated heterocycles. The van der Waals surface area contributed by atoms with Crippen molar-refractivity contribution >= 4 is 26.8 Å². The first-order valence-corrected chi connectivity index (χ1v) is 9.06. The smallest absolute Gasteiger partial charge is 0.0681 e. The van der Waals surface area contributed by atoms with Gasteiger partial charge in [0.05, 0.1) is 9.30 Å². The van der Waals surface area contributed by atoms with Gasteiger partial charge < -0.3 is 15.4 Å². The van der Waals surface area contributed by atoms with Crippen molar-refractivity contribution in [1.29, 1.82) is 0 Å². The topological polar surface area (TPSA) is 48.0 Å². The molecule has 1 heterocycles. The van der Waals surface area contributed by atoms with Crippen LogP contribution in [0.2, 0.25) is 0 Å². The van der Waals surface area contributed by atoms with E-state index in [1.165, 1.54) is 22.2 Å². The van der Waals surface area contributed by atoms with Crippen LogP contribution in [0.1, 0.15) is 44.0 Å². The van der Waals surface area contributed by atoms with Gasteiger partial charge in [0.25, 0.3) is 0 Å². The minimum Gasteiger partial charge on any atom is -0.392 e. The summed E-state index contributed by atoms with van der Waals surface area (Å²) in [6, 6.07) is 13.7. The lowest BCUT2D eigenvalue weighted by Crippen LogP contribution is -2.24. The second-order valence-electron chi connectivity index (χ2n) is 6.34. The third-order valence-corrected chi connectivity index (χ3v) is 5.30. The van der Waals surface area contributed by atoms with Crippen molar-refractivity contribution in [2.45, 2.75) is 38.4 Å². The van der Waals surface area contributed by atoms with E-state index in [9.17, 15) is 5.11 Å².